The minimum atomic E-state index is -0.0647. The van der Waals surface area contributed by atoms with E-state index in [2.05, 4.69) is 25.4 Å². The molecule has 0 radical (unpaired) electrons. The minimum Gasteiger partial charge on any atom is -0.376 e. The van der Waals surface area contributed by atoms with E-state index >= 15 is 0 Å². The topological polar surface area (TPSA) is 80.2 Å². The molecule has 2 aromatic heterocycles. The lowest BCUT2D eigenvalue weighted by Gasteiger charge is -2.20. The predicted octanol–water partition coefficient (Wildman–Crippen LogP) is 1.06. The van der Waals surface area contributed by atoms with Gasteiger partial charge in [-0.15, -0.1) is 5.10 Å². The number of nitrogens with one attached hydrogen (secondary N) is 1. The van der Waals surface area contributed by atoms with Gasteiger partial charge in [-0.05, 0) is 31.2 Å². The number of anilines is 1. The summed E-state index contributed by atoms with van der Waals surface area (Å²) in [5.41, 5.74) is 1.55. The monoisotopic (exact) mass is 339 g/mol. The lowest BCUT2D eigenvalue weighted by Crippen LogP contribution is -2.34. The van der Waals surface area contributed by atoms with Crippen molar-refractivity contribution in [2.45, 2.75) is 13.0 Å². The number of pyridine rings is 1. The first-order chi connectivity index (χ1) is 12.2. The van der Waals surface area contributed by atoms with Crippen LogP contribution in [0.1, 0.15) is 16.1 Å². The SMILES string of the molecule is Cc1ccc(N2C[C@H]3[C@@H](CNC(=O)c4ccncc4)CO[C@H]3C2)nn1. The fourth-order valence-corrected chi connectivity index (χ4v) is 3.59. The molecule has 0 spiro atoms. The van der Waals surface area contributed by atoms with Crippen LogP contribution < -0.4 is 10.2 Å². The van der Waals surface area contributed by atoms with E-state index < -0.39 is 0 Å². The zero-order chi connectivity index (χ0) is 17.2. The van der Waals surface area contributed by atoms with Crippen LogP contribution >= 0.6 is 0 Å². The van der Waals surface area contributed by atoms with Gasteiger partial charge >= 0.3 is 0 Å². The number of hydrogen-bond donors (Lipinski definition) is 1. The Balaban J connectivity index is 1.35. The van der Waals surface area contributed by atoms with Gasteiger partial charge in [-0.3, -0.25) is 9.78 Å². The molecule has 2 saturated heterocycles. The first-order valence-electron chi connectivity index (χ1n) is 8.56. The summed E-state index contributed by atoms with van der Waals surface area (Å²) >= 11 is 0. The van der Waals surface area contributed by atoms with E-state index in [0.717, 1.165) is 24.6 Å². The van der Waals surface area contributed by atoms with Crippen molar-refractivity contribution in [3.8, 4) is 0 Å². The van der Waals surface area contributed by atoms with Crippen molar-refractivity contribution in [1.82, 2.24) is 20.5 Å². The average molecular weight is 339 g/mol. The molecule has 2 fully saturated rings. The molecule has 130 valence electrons. The summed E-state index contributed by atoms with van der Waals surface area (Å²) in [4.78, 5) is 18.4. The Hall–Kier alpha value is -2.54. The second-order valence-corrected chi connectivity index (χ2v) is 6.68. The van der Waals surface area contributed by atoms with Crippen molar-refractivity contribution >= 4 is 11.7 Å². The zero-order valence-electron chi connectivity index (χ0n) is 14.1. The third-order valence-electron chi connectivity index (χ3n) is 5.01. The van der Waals surface area contributed by atoms with E-state index in [1.54, 1.807) is 24.5 Å². The molecule has 2 aromatic rings. The molecule has 4 rings (SSSR count). The van der Waals surface area contributed by atoms with Gasteiger partial charge in [0, 0.05) is 49.4 Å². The molecule has 2 aliphatic rings. The maximum atomic E-state index is 12.2. The first kappa shape index (κ1) is 16.0. The summed E-state index contributed by atoms with van der Waals surface area (Å²) in [6.45, 7) is 4.96. The fourth-order valence-electron chi connectivity index (χ4n) is 3.59. The van der Waals surface area contributed by atoms with E-state index in [4.69, 9.17) is 4.74 Å². The van der Waals surface area contributed by atoms with Crippen LogP contribution in [0, 0.1) is 18.8 Å². The highest BCUT2D eigenvalue weighted by atomic mass is 16.5. The molecule has 0 aliphatic carbocycles. The maximum Gasteiger partial charge on any atom is 0.251 e. The molecule has 7 nitrogen and oxygen atoms in total. The standard InChI is InChI=1S/C18H21N5O2/c1-12-2-3-17(22-21-12)23-9-15-14(11-25-16(15)10-23)8-20-18(24)13-4-6-19-7-5-13/h2-7,14-16H,8-11H2,1H3,(H,20,24)/t14-,15-,16-/m0/s1. The summed E-state index contributed by atoms with van der Waals surface area (Å²) in [7, 11) is 0. The van der Waals surface area contributed by atoms with Crippen LogP contribution in [-0.2, 0) is 4.74 Å². The van der Waals surface area contributed by atoms with E-state index in [1.165, 1.54) is 0 Å². The third-order valence-corrected chi connectivity index (χ3v) is 5.01. The summed E-state index contributed by atoms with van der Waals surface area (Å²) < 4.78 is 5.95. The highest BCUT2D eigenvalue weighted by molar-refractivity contribution is 5.93. The fraction of sp³-hybridized carbons (Fsp3) is 0.444. The lowest BCUT2D eigenvalue weighted by molar-refractivity contribution is 0.0939. The van der Waals surface area contributed by atoms with Crippen molar-refractivity contribution in [1.29, 1.82) is 0 Å². The summed E-state index contributed by atoms with van der Waals surface area (Å²) in [5, 5.41) is 11.4. The number of hydrogen-bond acceptors (Lipinski definition) is 6. The minimum absolute atomic E-state index is 0.0647. The van der Waals surface area contributed by atoms with Gasteiger partial charge in [0.1, 0.15) is 0 Å². The molecule has 1 N–H and O–H groups in total. The van der Waals surface area contributed by atoms with Crippen LogP contribution in [0.3, 0.4) is 0 Å². The molecule has 7 heteroatoms. The van der Waals surface area contributed by atoms with Gasteiger partial charge in [0.25, 0.3) is 5.91 Å². The number of fused-ring (bicyclic) bond motifs is 1. The van der Waals surface area contributed by atoms with Crippen molar-refractivity contribution in [2.24, 2.45) is 11.8 Å². The largest absolute Gasteiger partial charge is 0.376 e. The molecule has 1 amide bonds. The number of ether oxygens (including phenoxy) is 1. The quantitative estimate of drug-likeness (QED) is 0.897. The molecular weight excluding hydrogens is 318 g/mol. The number of nitrogens with zero attached hydrogens (tertiary/aromatic N) is 4. The van der Waals surface area contributed by atoms with Crippen LogP contribution in [0.2, 0.25) is 0 Å². The Morgan fingerprint density at radius 1 is 1.24 bits per heavy atom. The highest BCUT2D eigenvalue weighted by Gasteiger charge is 2.44. The molecule has 0 saturated carbocycles. The summed E-state index contributed by atoms with van der Waals surface area (Å²) in [6.07, 6.45) is 3.45. The van der Waals surface area contributed by atoms with Crippen LogP contribution in [-0.4, -0.2) is 53.4 Å². The normalized spacial score (nSPS) is 25.0. The van der Waals surface area contributed by atoms with Gasteiger partial charge in [0.05, 0.1) is 18.4 Å². The molecule has 25 heavy (non-hydrogen) atoms. The Morgan fingerprint density at radius 2 is 2.08 bits per heavy atom. The maximum absolute atomic E-state index is 12.2. The second-order valence-electron chi connectivity index (χ2n) is 6.68. The average Bonchev–Trinajstić information content (AvgIpc) is 3.22. The summed E-state index contributed by atoms with van der Waals surface area (Å²) in [5.74, 6) is 1.55. The number of carbonyl (C=O) groups is 1. The molecular formula is C18H21N5O2. The van der Waals surface area contributed by atoms with Crippen molar-refractivity contribution < 1.29 is 9.53 Å². The van der Waals surface area contributed by atoms with Crippen molar-refractivity contribution in [2.75, 3.05) is 31.1 Å². The van der Waals surface area contributed by atoms with Crippen LogP contribution in [0.4, 0.5) is 5.82 Å². The van der Waals surface area contributed by atoms with Crippen LogP contribution in [0.25, 0.3) is 0 Å². The number of aromatic nitrogens is 3. The van der Waals surface area contributed by atoms with Gasteiger partial charge in [-0.2, -0.15) is 5.10 Å². The van der Waals surface area contributed by atoms with E-state index in [1.807, 2.05) is 19.1 Å². The number of aryl methyl sites for hydroxylation is 1. The molecule has 2 aliphatic heterocycles. The van der Waals surface area contributed by atoms with Crippen LogP contribution in [0.15, 0.2) is 36.7 Å². The number of amides is 1. The van der Waals surface area contributed by atoms with Gasteiger partial charge < -0.3 is 15.0 Å². The Kier molecular flexibility index (Phi) is 4.31. The summed E-state index contributed by atoms with van der Waals surface area (Å²) in [6, 6.07) is 7.42. The smallest absolute Gasteiger partial charge is 0.251 e. The van der Waals surface area contributed by atoms with Gasteiger partial charge in [0.15, 0.2) is 5.82 Å². The molecule has 0 unspecified atom stereocenters. The predicted molar refractivity (Wildman–Crippen MR) is 92.3 cm³/mol. The number of carbonyl (C=O) groups excluding carboxylic acids is 1. The Bertz CT molecular complexity index is 737. The van der Waals surface area contributed by atoms with Crippen LogP contribution in [0.5, 0.6) is 0 Å². The number of rotatable bonds is 4. The molecule has 0 aromatic carbocycles. The molecule has 0 bridgehead atoms. The Morgan fingerprint density at radius 3 is 2.84 bits per heavy atom. The van der Waals surface area contributed by atoms with Crippen molar-refractivity contribution in [3.63, 3.8) is 0 Å². The second kappa shape index (κ2) is 6.76. The van der Waals surface area contributed by atoms with Gasteiger partial charge in [-0.1, -0.05) is 0 Å². The highest BCUT2D eigenvalue weighted by Crippen LogP contribution is 2.35. The lowest BCUT2D eigenvalue weighted by atomic mass is 9.93. The first-order valence-corrected chi connectivity index (χ1v) is 8.56. The Labute approximate surface area is 146 Å². The van der Waals surface area contributed by atoms with E-state index in [0.29, 0.717) is 30.6 Å². The van der Waals surface area contributed by atoms with E-state index in [-0.39, 0.29) is 12.0 Å². The zero-order valence-corrected chi connectivity index (χ0v) is 14.1. The molecule has 4 heterocycles. The van der Waals surface area contributed by atoms with E-state index in [9.17, 15) is 4.79 Å². The molecule has 3 atom stereocenters. The van der Waals surface area contributed by atoms with Gasteiger partial charge in [-0.25, -0.2) is 0 Å². The van der Waals surface area contributed by atoms with Gasteiger partial charge in [0.2, 0.25) is 0 Å². The third kappa shape index (κ3) is 3.32. The van der Waals surface area contributed by atoms with Crippen molar-refractivity contribution in [3.05, 3.63) is 47.9 Å².